The molecule has 1 aliphatic carbocycles. The number of methoxy groups -OCH3 is 1. The van der Waals surface area contributed by atoms with E-state index in [1.54, 1.807) is 7.11 Å². The Morgan fingerprint density at radius 3 is 2.63 bits per heavy atom. The number of piperazine rings is 1. The zero-order valence-electron chi connectivity index (χ0n) is 17.4. The minimum Gasteiger partial charge on any atom is -0.495 e. The molecule has 1 heterocycles. The molecule has 2 aromatic rings. The van der Waals surface area contributed by atoms with Crippen molar-refractivity contribution in [2.24, 2.45) is 0 Å². The molecule has 0 bridgehead atoms. The number of carbonyl (C=O) groups is 1. The number of benzene rings is 2. The highest BCUT2D eigenvalue weighted by molar-refractivity contribution is 6.20. The Morgan fingerprint density at radius 1 is 1.10 bits per heavy atom. The highest BCUT2D eigenvalue weighted by atomic mass is 16.5. The summed E-state index contributed by atoms with van der Waals surface area (Å²) < 4.78 is 5.47. The first-order valence-electron chi connectivity index (χ1n) is 10.5. The van der Waals surface area contributed by atoms with Crippen LogP contribution in [0.3, 0.4) is 0 Å². The molecule has 0 aromatic heterocycles. The number of para-hydroxylation sites is 2. The van der Waals surface area contributed by atoms with Crippen molar-refractivity contribution in [3.05, 3.63) is 65.7 Å². The molecule has 1 aliphatic heterocycles. The minimum atomic E-state index is -0.594. The number of nitrogens with one attached hydrogen (secondary N) is 1. The van der Waals surface area contributed by atoms with Crippen molar-refractivity contribution < 1.29 is 14.6 Å². The number of rotatable bonds is 7. The van der Waals surface area contributed by atoms with Crippen LogP contribution in [-0.2, 0) is 11.2 Å². The van der Waals surface area contributed by atoms with E-state index in [1.165, 1.54) is 5.56 Å². The summed E-state index contributed by atoms with van der Waals surface area (Å²) in [5.41, 5.74) is 3.99. The van der Waals surface area contributed by atoms with Crippen LogP contribution >= 0.6 is 0 Å². The molecule has 0 spiro atoms. The summed E-state index contributed by atoms with van der Waals surface area (Å²) in [6.45, 7) is 4.29. The second-order valence-corrected chi connectivity index (χ2v) is 7.80. The number of allylic oxidation sites excluding steroid dienone is 1. The number of anilines is 1. The summed E-state index contributed by atoms with van der Waals surface area (Å²) >= 11 is 0. The SMILES string of the molecule is COc1ccccc1N1CCN(CC(O)CNC(=O)C2=CCc3ccccc32)CC1. The van der Waals surface area contributed by atoms with Crippen LogP contribution in [0.15, 0.2) is 54.6 Å². The standard InChI is InChI=1S/C24H29N3O3/c1-30-23-9-5-4-8-22(23)27-14-12-26(13-15-27)17-19(28)16-25-24(29)21-11-10-18-6-2-3-7-20(18)21/h2-9,11,19,28H,10,12-17H2,1H3,(H,25,29). The van der Waals surface area contributed by atoms with Crippen molar-refractivity contribution in [3.8, 4) is 5.75 Å². The normalized spacial score (nSPS) is 17.3. The molecule has 30 heavy (non-hydrogen) atoms. The van der Waals surface area contributed by atoms with E-state index in [4.69, 9.17) is 4.74 Å². The van der Waals surface area contributed by atoms with Crippen molar-refractivity contribution in [1.29, 1.82) is 0 Å². The first-order chi connectivity index (χ1) is 14.7. The third-order valence-electron chi connectivity index (χ3n) is 5.84. The lowest BCUT2D eigenvalue weighted by molar-refractivity contribution is -0.116. The number of hydrogen-bond acceptors (Lipinski definition) is 5. The molecule has 2 N–H and O–H groups in total. The predicted octanol–water partition coefficient (Wildman–Crippen LogP) is 1.93. The average Bonchev–Trinajstić information content (AvgIpc) is 3.22. The maximum atomic E-state index is 12.5. The van der Waals surface area contributed by atoms with Crippen LogP contribution in [0.1, 0.15) is 11.1 Å². The maximum absolute atomic E-state index is 12.5. The largest absolute Gasteiger partial charge is 0.495 e. The number of carbonyl (C=O) groups excluding carboxylic acids is 1. The molecule has 0 radical (unpaired) electrons. The van der Waals surface area contributed by atoms with Crippen molar-refractivity contribution in [1.82, 2.24) is 10.2 Å². The maximum Gasteiger partial charge on any atom is 0.251 e. The summed E-state index contributed by atoms with van der Waals surface area (Å²) in [7, 11) is 1.69. The Bertz CT molecular complexity index is 919. The van der Waals surface area contributed by atoms with Gasteiger partial charge in [0.2, 0.25) is 0 Å². The van der Waals surface area contributed by atoms with E-state index in [2.05, 4.69) is 21.2 Å². The quantitative estimate of drug-likeness (QED) is 0.734. The second-order valence-electron chi connectivity index (χ2n) is 7.80. The fraction of sp³-hybridized carbons (Fsp3) is 0.375. The summed E-state index contributed by atoms with van der Waals surface area (Å²) in [4.78, 5) is 17.1. The Hall–Kier alpha value is -2.83. The van der Waals surface area contributed by atoms with Gasteiger partial charge in [-0.25, -0.2) is 0 Å². The summed E-state index contributed by atoms with van der Waals surface area (Å²) in [5, 5.41) is 13.3. The molecular formula is C24H29N3O3. The first-order valence-corrected chi connectivity index (χ1v) is 10.5. The van der Waals surface area contributed by atoms with E-state index in [9.17, 15) is 9.90 Å². The number of amides is 1. The zero-order chi connectivity index (χ0) is 20.9. The van der Waals surface area contributed by atoms with Crippen LogP contribution in [0.5, 0.6) is 5.75 Å². The fourth-order valence-electron chi connectivity index (χ4n) is 4.23. The predicted molar refractivity (Wildman–Crippen MR) is 119 cm³/mol. The van der Waals surface area contributed by atoms with Crippen molar-refractivity contribution in [2.75, 3.05) is 51.3 Å². The van der Waals surface area contributed by atoms with Crippen molar-refractivity contribution >= 4 is 17.2 Å². The van der Waals surface area contributed by atoms with E-state index in [-0.39, 0.29) is 12.5 Å². The van der Waals surface area contributed by atoms with Crippen LogP contribution in [0.2, 0.25) is 0 Å². The third kappa shape index (κ3) is 4.50. The van der Waals surface area contributed by atoms with Gasteiger partial charge in [0.1, 0.15) is 5.75 Å². The molecule has 1 saturated heterocycles. The lowest BCUT2D eigenvalue weighted by atomic mass is 10.1. The van der Waals surface area contributed by atoms with E-state index in [0.717, 1.165) is 49.6 Å². The van der Waals surface area contributed by atoms with Gasteiger partial charge in [0.15, 0.2) is 0 Å². The minimum absolute atomic E-state index is 0.111. The van der Waals surface area contributed by atoms with E-state index < -0.39 is 6.10 Å². The molecule has 6 heteroatoms. The smallest absolute Gasteiger partial charge is 0.251 e. The highest BCUT2D eigenvalue weighted by Crippen LogP contribution is 2.28. The summed E-state index contributed by atoms with van der Waals surface area (Å²) in [6.07, 6.45) is 2.16. The molecular weight excluding hydrogens is 378 g/mol. The summed E-state index contributed by atoms with van der Waals surface area (Å²) in [6, 6.07) is 16.0. The molecule has 2 aliphatic rings. The lowest BCUT2D eigenvalue weighted by Gasteiger charge is -2.37. The van der Waals surface area contributed by atoms with Crippen LogP contribution < -0.4 is 15.0 Å². The van der Waals surface area contributed by atoms with E-state index >= 15 is 0 Å². The Balaban J connectivity index is 1.23. The van der Waals surface area contributed by atoms with Gasteiger partial charge >= 0.3 is 0 Å². The van der Waals surface area contributed by atoms with Gasteiger partial charge < -0.3 is 20.1 Å². The number of ether oxygens (including phenoxy) is 1. The van der Waals surface area contributed by atoms with Gasteiger partial charge in [-0.05, 0) is 29.7 Å². The van der Waals surface area contributed by atoms with Crippen molar-refractivity contribution in [2.45, 2.75) is 12.5 Å². The van der Waals surface area contributed by atoms with Gasteiger partial charge in [-0.15, -0.1) is 0 Å². The van der Waals surface area contributed by atoms with E-state index in [0.29, 0.717) is 12.1 Å². The number of hydrogen-bond donors (Lipinski definition) is 2. The van der Waals surface area contributed by atoms with Crippen LogP contribution in [0.25, 0.3) is 5.57 Å². The molecule has 158 valence electrons. The third-order valence-corrected chi connectivity index (χ3v) is 5.84. The molecule has 4 rings (SSSR count). The number of nitrogens with zero attached hydrogens (tertiary/aromatic N) is 2. The Morgan fingerprint density at radius 2 is 1.83 bits per heavy atom. The topological polar surface area (TPSA) is 65.0 Å². The van der Waals surface area contributed by atoms with Gasteiger partial charge in [0.25, 0.3) is 5.91 Å². The van der Waals surface area contributed by atoms with Crippen LogP contribution in [0, 0.1) is 0 Å². The van der Waals surface area contributed by atoms with Gasteiger partial charge in [0, 0.05) is 44.8 Å². The van der Waals surface area contributed by atoms with E-state index in [1.807, 2.05) is 48.5 Å². The van der Waals surface area contributed by atoms with Gasteiger partial charge in [0.05, 0.1) is 18.9 Å². The number of fused-ring (bicyclic) bond motifs is 1. The monoisotopic (exact) mass is 407 g/mol. The van der Waals surface area contributed by atoms with Crippen LogP contribution in [-0.4, -0.2) is 68.4 Å². The molecule has 2 aromatic carbocycles. The average molecular weight is 408 g/mol. The Kier molecular flexibility index (Phi) is 6.35. The van der Waals surface area contributed by atoms with Crippen molar-refractivity contribution in [3.63, 3.8) is 0 Å². The second kappa shape index (κ2) is 9.32. The van der Waals surface area contributed by atoms with Gasteiger partial charge in [-0.2, -0.15) is 0 Å². The first kappa shape index (κ1) is 20.4. The molecule has 1 atom stereocenters. The molecule has 1 unspecified atom stereocenters. The molecule has 1 fully saturated rings. The Labute approximate surface area is 177 Å². The van der Waals surface area contributed by atoms with Gasteiger partial charge in [-0.1, -0.05) is 42.5 Å². The molecule has 6 nitrogen and oxygen atoms in total. The highest BCUT2D eigenvalue weighted by Gasteiger charge is 2.23. The lowest BCUT2D eigenvalue weighted by Crippen LogP contribution is -2.50. The number of β-amino-alcohol motifs (C(OH)–C–C–N with tert-alkyl or cyclic N) is 1. The zero-order valence-corrected chi connectivity index (χ0v) is 17.4. The molecule has 1 amide bonds. The molecule has 0 saturated carbocycles. The summed E-state index contributed by atoms with van der Waals surface area (Å²) in [5.74, 6) is 0.775. The van der Waals surface area contributed by atoms with Crippen LogP contribution in [0.4, 0.5) is 5.69 Å². The fourth-order valence-corrected chi connectivity index (χ4v) is 4.23. The number of aliphatic hydroxyl groups excluding tert-OH is 1. The number of aliphatic hydroxyl groups is 1. The van der Waals surface area contributed by atoms with Gasteiger partial charge in [-0.3, -0.25) is 9.69 Å².